The first-order chi connectivity index (χ1) is 16.6. The lowest BCUT2D eigenvalue weighted by Crippen LogP contribution is -2.37. The number of aryl methyl sites for hydroxylation is 1. The van der Waals surface area contributed by atoms with Gasteiger partial charge in [0.2, 0.25) is 5.91 Å². The first-order valence-corrected chi connectivity index (χ1v) is 12.6. The van der Waals surface area contributed by atoms with Crippen LogP contribution in [0.25, 0.3) is 11.3 Å². The minimum absolute atomic E-state index is 0.0305. The highest BCUT2D eigenvalue weighted by Gasteiger charge is 2.26. The molecule has 1 aliphatic rings. The van der Waals surface area contributed by atoms with E-state index in [4.69, 9.17) is 15.0 Å². The number of imidazole rings is 1. The minimum atomic E-state index is -0.366. The molecule has 0 bridgehead atoms. The molecular formula is C27H30N4O2S. The Morgan fingerprint density at radius 1 is 1.26 bits per heavy atom. The van der Waals surface area contributed by atoms with Crippen LogP contribution in [-0.4, -0.2) is 40.0 Å². The highest BCUT2D eigenvalue weighted by molar-refractivity contribution is 8.00. The number of carbonyl (C=O) groups is 1. The molecule has 1 aromatic heterocycles. The summed E-state index contributed by atoms with van der Waals surface area (Å²) in [7, 11) is 0. The maximum Gasteiger partial charge on any atom is 0.240 e. The third-order valence-electron chi connectivity index (χ3n) is 5.99. The number of carbonyl (C=O) groups excluding carboxylic acids is 1. The maximum absolute atomic E-state index is 13.5. The standard InChI is InChI=1S/C27H30N4O2S/c1-20-11-13-23(14-12-20)30(16-7-15-28)26(32)21(2)34-27-29-18-25(22-8-4-3-5-9-22)31(27)19-24-10-6-17-33-24/h3-5,8-9,11-14,18,21,24H,6-7,10,16-17,19H2,1-2H3. The van der Waals surface area contributed by atoms with Crippen molar-refractivity contribution in [3.8, 4) is 17.3 Å². The van der Waals surface area contributed by atoms with Crippen LogP contribution >= 0.6 is 11.8 Å². The molecule has 4 rings (SSSR count). The average Bonchev–Trinajstić information content (AvgIpc) is 3.51. The van der Waals surface area contributed by atoms with Crippen molar-refractivity contribution in [1.29, 1.82) is 5.26 Å². The molecule has 0 spiro atoms. The van der Waals surface area contributed by atoms with E-state index >= 15 is 0 Å². The molecule has 7 heteroatoms. The molecule has 1 fully saturated rings. The second-order valence-corrected chi connectivity index (χ2v) is 9.84. The predicted octanol–water partition coefficient (Wildman–Crippen LogP) is 5.47. The summed E-state index contributed by atoms with van der Waals surface area (Å²) in [5.41, 5.74) is 4.06. The highest BCUT2D eigenvalue weighted by atomic mass is 32.2. The summed E-state index contributed by atoms with van der Waals surface area (Å²) in [5.74, 6) is -0.0305. The number of nitriles is 1. The van der Waals surface area contributed by atoms with Crippen molar-refractivity contribution < 1.29 is 9.53 Å². The fraction of sp³-hybridized carbons (Fsp3) is 0.370. The van der Waals surface area contributed by atoms with Crippen LogP contribution in [0.4, 0.5) is 5.69 Å². The van der Waals surface area contributed by atoms with E-state index in [2.05, 4.69) is 22.8 Å². The van der Waals surface area contributed by atoms with Gasteiger partial charge in [-0.2, -0.15) is 5.26 Å². The summed E-state index contributed by atoms with van der Waals surface area (Å²) in [6.45, 7) is 5.80. The monoisotopic (exact) mass is 474 g/mol. The lowest BCUT2D eigenvalue weighted by Gasteiger charge is -2.25. The normalized spacial score (nSPS) is 16.2. The molecule has 0 saturated carbocycles. The van der Waals surface area contributed by atoms with Crippen molar-refractivity contribution in [2.75, 3.05) is 18.1 Å². The van der Waals surface area contributed by atoms with Gasteiger partial charge < -0.3 is 14.2 Å². The number of aromatic nitrogens is 2. The Morgan fingerprint density at radius 2 is 2.03 bits per heavy atom. The molecule has 1 aliphatic heterocycles. The Labute approximate surface area is 205 Å². The predicted molar refractivity (Wildman–Crippen MR) is 136 cm³/mol. The van der Waals surface area contributed by atoms with Crippen LogP contribution in [0.1, 0.15) is 31.7 Å². The molecule has 0 radical (unpaired) electrons. The van der Waals surface area contributed by atoms with Crippen molar-refractivity contribution in [3.05, 3.63) is 66.4 Å². The summed E-state index contributed by atoms with van der Waals surface area (Å²) in [6.07, 6.45) is 4.42. The Hall–Kier alpha value is -3.08. The number of amides is 1. The van der Waals surface area contributed by atoms with Crippen molar-refractivity contribution in [2.24, 2.45) is 0 Å². The Kier molecular flexibility index (Phi) is 8.04. The zero-order valence-corrected chi connectivity index (χ0v) is 20.5. The van der Waals surface area contributed by atoms with Crippen LogP contribution in [0.2, 0.25) is 0 Å². The van der Waals surface area contributed by atoms with E-state index in [-0.39, 0.29) is 23.7 Å². The molecule has 0 N–H and O–H groups in total. The van der Waals surface area contributed by atoms with Crippen molar-refractivity contribution >= 4 is 23.4 Å². The first kappa shape index (κ1) is 24.1. The van der Waals surface area contributed by atoms with Crippen LogP contribution in [0.15, 0.2) is 66.0 Å². The van der Waals surface area contributed by atoms with E-state index in [0.717, 1.165) is 47.1 Å². The van der Waals surface area contributed by atoms with Gasteiger partial charge in [0.15, 0.2) is 5.16 Å². The maximum atomic E-state index is 13.5. The first-order valence-electron chi connectivity index (χ1n) is 11.7. The number of ether oxygens (including phenoxy) is 1. The zero-order valence-electron chi connectivity index (χ0n) is 19.7. The molecule has 2 heterocycles. The fourth-order valence-electron chi connectivity index (χ4n) is 4.14. The number of hydrogen-bond donors (Lipinski definition) is 0. The van der Waals surface area contributed by atoms with E-state index in [9.17, 15) is 4.79 Å². The molecule has 1 saturated heterocycles. The van der Waals surface area contributed by atoms with Crippen molar-refractivity contribution in [2.45, 2.75) is 56.2 Å². The van der Waals surface area contributed by atoms with Crippen molar-refractivity contribution in [3.63, 3.8) is 0 Å². The number of rotatable bonds is 9. The summed E-state index contributed by atoms with van der Waals surface area (Å²) < 4.78 is 8.10. The van der Waals surface area contributed by atoms with E-state index in [0.29, 0.717) is 13.1 Å². The van der Waals surface area contributed by atoms with Crippen LogP contribution in [-0.2, 0) is 16.1 Å². The summed E-state index contributed by atoms with van der Waals surface area (Å²) in [6, 6.07) is 20.2. The second kappa shape index (κ2) is 11.4. The van der Waals surface area contributed by atoms with Gasteiger partial charge in [-0.25, -0.2) is 4.98 Å². The van der Waals surface area contributed by atoms with E-state index in [1.165, 1.54) is 11.8 Å². The number of benzene rings is 2. The minimum Gasteiger partial charge on any atom is -0.376 e. The van der Waals surface area contributed by atoms with Gasteiger partial charge in [-0.05, 0) is 44.4 Å². The third-order valence-corrected chi connectivity index (χ3v) is 7.08. The lowest BCUT2D eigenvalue weighted by atomic mass is 10.1. The molecule has 1 amide bonds. The third kappa shape index (κ3) is 5.69. The molecule has 2 atom stereocenters. The Bertz CT molecular complexity index is 1130. The quantitative estimate of drug-likeness (QED) is 0.385. The Balaban J connectivity index is 1.58. The van der Waals surface area contributed by atoms with Gasteiger partial charge in [0.1, 0.15) is 0 Å². The summed E-state index contributed by atoms with van der Waals surface area (Å²) in [5, 5.41) is 9.57. The van der Waals surface area contributed by atoms with E-state index in [1.54, 1.807) is 4.90 Å². The summed E-state index contributed by atoms with van der Waals surface area (Å²) >= 11 is 1.46. The van der Waals surface area contributed by atoms with Gasteiger partial charge in [-0.15, -0.1) is 0 Å². The van der Waals surface area contributed by atoms with E-state index in [1.807, 2.05) is 62.5 Å². The number of nitrogens with zero attached hydrogens (tertiary/aromatic N) is 4. The van der Waals surface area contributed by atoms with Crippen molar-refractivity contribution in [1.82, 2.24) is 9.55 Å². The van der Waals surface area contributed by atoms with Crippen LogP contribution in [0, 0.1) is 18.3 Å². The summed E-state index contributed by atoms with van der Waals surface area (Å²) in [4.78, 5) is 19.9. The molecular weight excluding hydrogens is 444 g/mol. The number of hydrogen-bond acceptors (Lipinski definition) is 5. The molecule has 0 aliphatic carbocycles. The topological polar surface area (TPSA) is 71.2 Å². The average molecular weight is 475 g/mol. The number of thioether (sulfide) groups is 1. The van der Waals surface area contributed by atoms with E-state index < -0.39 is 0 Å². The van der Waals surface area contributed by atoms with Gasteiger partial charge in [0.05, 0.1) is 42.3 Å². The van der Waals surface area contributed by atoms with Gasteiger partial charge in [0, 0.05) is 18.8 Å². The molecule has 34 heavy (non-hydrogen) atoms. The van der Waals surface area contributed by atoms with Gasteiger partial charge in [-0.1, -0.05) is 59.8 Å². The second-order valence-electron chi connectivity index (χ2n) is 8.53. The molecule has 6 nitrogen and oxygen atoms in total. The molecule has 176 valence electrons. The molecule has 2 aromatic carbocycles. The lowest BCUT2D eigenvalue weighted by molar-refractivity contribution is -0.117. The fourth-order valence-corrected chi connectivity index (χ4v) is 5.10. The Morgan fingerprint density at radius 3 is 2.71 bits per heavy atom. The van der Waals surface area contributed by atoms with Crippen LogP contribution < -0.4 is 4.90 Å². The molecule has 2 unspecified atom stereocenters. The van der Waals surface area contributed by atoms with Crippen LogP contribution in [0.5, 0.6) is 0 Å². The van der Waals surface area contributed by atoms with Gasteiger partial charge in [0.25, 0.3) is 0 Å². The zero-order chi connectivity index (χ0) is 23.9. The smallest absolute Gasteiger partial charge is 0.240 e. The van der Waals surface area contributed by atoms with Gasteiger partial charge in [-0.3, -0.25) is 4.79 Å². The van der Waals surface area contributed by atoms with Gasteiger partial charge >= 0.3 is 0 Å². The largest absolute Gasteiger partial charge is 0.376 e. The molecule has 3 aromatic rings. The SMILES string of the molecule is Cc1ccc(N(CCC#N)C(=O)C(C)Sc2ncc(-c3ccccc3)n2CC2CCCO2)cc1. The van der Waals surface area contributed by atoms with Crippen LogP contribution in [0.3, 0.4) is 0 Å². The number of anilines is 1. The highest BCUT2D eigenvalue weighted by Crippen LogP contribution is 2.31.